The number of imidazole rings is 1. The summed E-state index contributed by atoms with van der Waals surface area (Å²) in [6.45, 7) is 1.71. The Labute approximate surface area is 217 Å². The molecule has 5 rings (SSSR count). The zero-order chi connectivity index (χ0) is 26.2. The zero-order valence-electron chi connectivity index (χ0n) is 19.9. The molecule has 0 spiro atoms. The number of ether oxygens (including phenoxy) is 1. The van der Waals surface area contributed by atoms with Gasteiger partial charge < -0.3 is 14.8 Å². The number of aromatic amines is 1. The highest BCUT2D eigenvalue weighted by atomic mass is 35.5. The van der Waals surface area contributed by atoms with E-state index < -0.39 is 29.3 Å². The van der Waals surface area contributed by atoms with Crippen LogP contribution in [-0.2, 0) is 14.9 Å². The molecule has 1 heterocycles. The average molecular weight is 518 g/mol. The third kappa shape index (κ3) is 4.75. The van der Waals surface area contributed by atoms with Crippen molar-refractivity contribution in [3.63, 3.8) is 0 Å². The Morgan fingerprint density at radius 1 is 1.03 bits per heavy atom. The SMILES string of the molecule is CC(OC(=O)Nc1c[nH]c(=O)n1-c1ccc(-c2ccc(C3(C(=O)O)CC3)cc2)cc1)c1ccccc1Cl. The summed E-state index contributed by atoms with van der Waals surface area (Å²) in [6, 6.07) is 21.9. The summed E-state index contributed by atoms with van der Waals surface area (Å²) in [6.07, 6.45) is 1.39. The number of carbonyl (C=O) groups is 2. The van der Waals surface area contributed by atoms with Gasteiger partial charge in [0.1, 0.15) is 11.9 Å². The van der Waals surface area contributed by atoms with Crippen LogP contribution in [0.3, 0.4) is 0 Å². The van der Waals surface area contributed by atoms with E-state index in [-0.39, 0.29) is 5.82 Å². The standard InChI is InChI=1S/C28H24ClN3O5/c1-17(22-4-2-3-5-23(22)29)37-27(36)31-24-16-30-26(35)32(24)21-12-8-19(9-13-21)18-6-10-20(11-7-18)28(14-15-28)25(33)34/h2-13,16-17H,14-15H2,1H3,(H,30,35)(H,31,36)(H,33,34). The predicted molar refractivity (Wildman–Crippen MR) is 140 cm³/mol. The lowest BCUT2D eigenvalue weighted by atomic mass is 9.94. The minimum atomic E-state index is -0.784. The van der Waals surface area contributed by atoms with Gasteiger partial charge in [0.2, 0.25) is 0 Å². The Morgan fingerprint density at radius 2 is 1.65 bits per heavy atom. The van der Waals surface area contributed by atoms with Gasteiger partial charge in [-0.3, -0.25) is 10.1 Å². The van der Waals surface area contributed by atoms with Crippen molar-refractivity contribution in [2.24, 2.45) is 0 Å². The Morgan fingerprint density at radius 3 is 2.24 bits per heavy atom. The Balaban J connectivity index is 1.31. The number of carbonyl (C=O) groups excluding carboxylic acids is 1. The number of halogens is 1. The number of aliphatic carboxylic acids is 1. The molecule has 1 fully saturated rings. The van der Waals surface area contributed by atoms with Gasteiger partial charge >= 0.3 is 17.8 Å². The molecule has 0 bridgehead atoms. The van der Waals surface area contributed by atoms with Crippen LogP contribution in [0, 0.1) is 0 Å². The number of hydrogen-bond acceptors (Lipinski definition) is 4. The van der Waals surface area contributed by atoms with Gasteiger partial charge in [-0.15, -0.1) is 0 Å². The second kappa shape index (κ2) is 9.63. The molecule has 1 amide bonds. The van der Waals surface area contributed by atoms with Crippen molar-refractivity contribution in [2.75, 3.05) is 5.32 Å². The minimum absolute atomic E-state index is 0.224. The van der Waals surface area contributed by atoms with Gasteiger partial charge in [0.15, 0.2) is 0 Å². The van der Waals surface area contributed by atoms with Crippen LogP contribution in [0.2, 0.25) is 5.02 Å². The summed E-state index contributed by atoms with van der Waals surface area (Å²) in [5.41, 5.74) is 2.69. The van der Waals surface area contributed by atoms with Gasteiger partial charge in [-0.2, -0.15) is 0 Å². The largest absolute Gasteiger partial charge is 0.481 e. The maximum atomic E-state index is 12.5. The number of rotatable bonds is 7. The van der Waals surface area contributed by atoms with Crippen LogP contribution >= 0.6 is 11.6 Å². The van der Waals surface area contributed by atoms with Crippen LogP contribution in [0.1, 0.15) is 37.0 Å². The molecule has 1 atom stereocenters. The number of amides is 1. The fraction of sp³-hybridized carbons (Fsp3) is 0.179. The van der Waals surface area contributed by atoms with Crippen molar-refractivity contribution in [1.82, 2.24) is 9.55 Å². The number of aromatic nitrogens is 2. The molecule has 4 aromatic rings. The molecule has 3 N–H and O–H groups in total. The van der Waals surface area contributed by atoms with Gasteiger partial charge in [-0.1, -0.05) is 66.2 Å². The van der Waals surface area contributed by atoms with Crippen LogP contribution in [0.25, 0.3) is 16.8 Å². The topological polar surface area (TPSA) is 113 Å². The molecule has 9 heteroatoms. The van der Waals surface area contributed by atoms with E-state index in [4.69, 9.17) is 16.3 Å². The lowest BCUT2D eigenvalue weighted by molar-refractivity contribution is -0.140. The first-order valence-electron chi connectivity index (χ1n) is 11.8. The predicted octanol–water partition coefficient (Wildman–Crippen LogP) is 5.91. The van der Waals surface area contributed by atoms with E-state index in [2.05, 4.69) is 10.3 Å². The van der Waals surface area contributed by atoms with Crippen molar-refractivity contribution < 1.29 is 19.4 Å². The molecule has 3 aromatic carbocycles. The van der Waals surface area contributed by atoms with Gasteiger partial charge in [0.05, 0.1) is 11.1 Å². The number of carboxylic acids is 1. The first-order valence-corrected chi connectivity index (χ1v) is 12.1. The summed E-state index contributed by atoms with van der Waals surface area (Å²) < 4.78 is 6.78. The normalized spacial score (nSPS) is 14.5. The molecule has 1 unspecified atom stereocenters. The second-order valence-electron chi connectivity index (χ2n) is 9.02. The maximum absolute atomic E-state index is 12.5. The van der Waals surface area contributed by atoms with E-state index in [1.165, 1.54) is 10.8 Å². The maximum Gasteiger partial charge on any atom is 0.413 e. The molecule has 0 radical (unpaired) electrons. The van der Waals surface area contributed by atoms with E-state index in [9.17, 15) is 19.5 Å². The average Bonchev–Trinajstić information content (AvgIpc) is 3.63. The lowest BCUT2D eigenvalue weighted by Gasteiger charge is -2.16. The third-order valence-corrected chi connectivity index (χ3v) is 7.03. The number of carboxylic acid groups (broad SMARTS) is 1. The van der Waals surface area contributed by atoms with Crippen LogP contribution in [0.4, 0.5) is 10.6 Å². The molecule has 0 saturated heterocycles. The first-order chi connectivity index (χ1) is 17.8. The second-order valence-corrected chi connectivity index (χ2v) is 9.43. The summed E-state index contributed by atoms with van der Waals surface area (Å²) in [4.78, 5) is 39.2. The molecule has 0 aliphatic heterocycles. The fourth-order valence-corrected chi connectivity index (χ4v) is 4.70. The fourth-order valence-electron chi connectivity index (χ4n) is 4.42. The van der Waals surface area contributed by atoms with Crippen molar-refractivity contribution in [3.8, 4) is 16.8 Å². The lowest BCUT2D eigenvalue weighted by Crippen LogP contribution is -2.21. The van der Waals surface area contributed by atoms with Crippen LogP contribution in [0.15, 0.2) is 83.8 Å². The van der Waals surface area contributed by atoms with Gasteiger partial charge in [0, 0.05) is 16.8 Å². The third-order valence-electron chi connectivity index (χ3n) is 6.69. The number of nitrogens with zero attached hydrogens (tertiary/aromatic N) is 1. The Kier molecular flexibility index (Phi) is 6.35. The summed E-state index contributed by atoms with van der Waals surface area (Å²) in [7, 11) is 0. The molecular weight excluding hydrogens is 494 g/mol. The highest BCUT2D eigenvalue weighted by molar-refractivity contribution is 6.31. The zero-order valence-corrected chi connectivity index (χ0v) is 20.7. The Hall–Kier alpha value is -4.30. The Bertz CT molecular complexity index is 1520. The molecule has 1 aliphatic carbocycles. The van der Waals surface area contributed by atoms with E-state index in [0.717, 1.165) is 16.7 Å². The number of nitrogens with one attached hydrogen (secondary N) is 2. The number of H-pyrrole nitrogens is 1. The van der Waals surface area contributed by atoms with E-state index in [1.54, 1.807) is 43.3 Å². The number of anilines is 1. The number of hydrogen-bond donors (Lipinski definition) is 3. The summed E-state index contributed by atoms with van der Waals surface area (Å²) in [5.74, 6) is -0.560. The monoisotopic (exact) mass is 517 g/mol. The van der Waals surface area contributed by atoms with Gasteiger partial charge in [-0.25, -0.2) is 14.2 Å². The smallest absolute Gasteiger partial charge is 0.413 e. The number of benzene rings is 3. The van der Waals surface area contributed by atoms with Gasteiger partial charge in [-0.05, 0) is 54.7 Å². The molecule has 8 nitrogen and oxygen atoms in total. The molecule has 1 saturated carbocycles. The highest BCUT2D eigenvalue weighted by Gasteiger charge is 2.51. The quantitative estimate of drug-likeness (QED) is 0.282. The van der Waals surface area contributed by atoms with E-state index in [0.29, 0.717) is 29.1 Å². The van der Waals surface area contributed by atoms with Crippen molar-refractivity contribution >= 4 is 29.5 Å². The summed E-state index contributed by atoms with van der Waals surface area (Å²) >= 11 is 6.19. The molecular formula is C28H24ClN3O5. The van der Waals surface area contributed by atoms with Crippen LogP contribution < -0.4 is 11.0 Å². The molecule has 188 valence electrons. The van der Waals surface area contributed by atoms with Crippen molar-refractivity contribution in [2.45, 2.75) is 31.3 Å². The van der Waals surface area contributed by atoms with E-state index in [1.807, 2.05) is 36.4 Å². The van der Waals surface area contributed by atoms with Crippen LogP contribution in [-0.4, -0.2) is 26.7 Å². The minimum Gasteiger partial charge on any atom is -0.481 e. The van der Waals surface area contributed by atoms with Gasteiger partial charge in [0.25, 0.3) is 0 Å². The molecule has 37 heavy (non-hydrogen) atoms. The molecule has 1 aliphatic rings. The highest BCUT2D eigenvalue weighted by Crippen LogP contribution is 2.48. The molecule has 1 aromatic heterocycles. The van der Waals surface area contributed by atoms with Crippen LogP contribution in [0.5, 0.6) is 0 Å². The summed E-state index contributed by atoms with van der Waals surface area (Å²) in [5, 5.41) is 12.6. The van der Waals surface area contributed by atoms with Crippen molar-refractivity contribution in [1.29, 1.82) is 0 Å². The van der Waals surface area contributed by atoms with Crippen molar-refractivity contribution in [3.05, 3.63) is 106 Å². The first kappa shape index (κ1) is 24.4. The van der Waals surface area contributed by atoms with E-state index >= 15 is 0 Å².